The van der Waals surface area contributed by atoms with E-state index < -0.39 is 0 Å². The molecule has 32 heavy (non-hydrogen) atoms. The van der Waals surface area contributed by atoms with E-state index in [9.17, 15) is 14.9 Å². The van der Waals surface area contributed by atoms with Crippen molar-refractivity contribution in [3.63, 3.8) is 0 Å². The van der Waals surface area contributed by atoms with Crippen LogP contribution >= 0.6 is 11.6 Å². The smallest absolute Gasteiger partial charge is 0.269 e. The minimum absolute atomic E-state index is 0.0252. The van der Waals surface area contributed by atoms with Gasteiger partial charge in [0.15, 0.2) is 0 Å². The molecule has 8 heteroatoms. The number of piperazine rings is 1. The lowest BCUT2D eigenvalue weighted by atomic mass is 9.83. The van der Waals surface area contributed by atoms with Gasteiger partial charge in [0.25, 0.3) is 5.69 Å². The second kappa shape index (κ2) is 9.46. The number of rotatable bonds is 6. The quantitative estimate of drug-likeness (QED) is 0.527. The van der Waals surface area contributed by atoms with Crippen LogP contribution in [0.15, 0.2) is 42.5 Å². The molecule has 1 saturated heterocycles. The fourth-order valence-corrected chi connectivity index (χ4v) is 4.84. The van der Waals surface area contributed by atoms with E-state index in [-0.39, 0.29) is 28.5 Å². The molecule has 0 radical (unpaired) electrons. The zero-order valence-corrected chi connectivity index (χ0v) is 19.2. The third kappa shape index (κ3) is 4.89. The van der Waals surface area contributed by atoms with Gasteiger partial charge in [-0.3, -0.25) is 19.8 Å². The number of nitro benzene ring substituents is 1. The largest absolute Gasteiger partial charge is 0.365 e. The van der Waals surface area contributed by atoms with Crippen molar-refractivity contribution >= 4 is 28.9 Å². The minimum atomic E-state index is -0.371. The third-order valence-corrected chi connectivity index (χ3v) is 6.58. The number of amides is 1. The van der Waals surface area contributed by atoms with E-state index in [1.165, 1.54) is 5.56 Å². The number of non-ortho nitro benzene ring substituents is 1. The molecule has 1 amide bonds. The Morgan fingerprint density at radius 3 is 2.66 bits per heavy atom. The zero-order valence-electron chi connectivity index (χ0n) is 18.5. The van der Waals surface area contributed by atoms with Crippen LogP contribution in [0.3, 0.4) is 0 Å². The molecule has 0 saturated carbocycles. The molecule has 170 valence electrons. The number of nitro groups is 1. The van der Waals surface area contributed by atoms with E-state index in [1.54, 1.807) is 12.1 Å². The standard InChI is InChI=1S/C24H29ClN4O3/c1-16(2)13-26-24(30)21-12-18-11-20(29(31)32)7-8-22(18)28-10-9-27(15-23(21)28)14-17-3-5-19(25)6-4-17/h3-8,11,16,21,23H,9-10,12-15H2,1-2H3,(H,26,30)/t21-,23-/m1/s1. The first-order chi connectivity index (χ1) is 15.3. The number of carbonyl (C=O) groups excluding carboxylic acids is 1. The topological polar surface area (TPSA) is 78.7 Å². The van der Waals surface area contributed by atoms with Crippen LogP contribution in [-0.4, -0.2) is 48.0 Å². The molecule has 4 rings (SSSR count). The van der Waals surface area contributed by atoms with Gasteiger partial charge in [0.05, 0.1) is 16.9 Å². The van der Waals surface area contributed by atoms with Crippen LogP contribution in [0.2, 0.25) is 5.02 Å². The average molecular weight is 457 g/mol. The van der Waals surface area contributed by atoms with Crippen LogP contribution in [0, 0.1) is 22.0 Å². The molecule has 0 spiro atoms. The number of hydrogen-bond acceptors (Lipinski definition) is 5. The van der Waals surface area contributed by atoms with Crippen LogP contribution in [-0.2, 0) is 17.8 Å². The first-order valence-electron chi connectivity index (χ1n) is 11.1. The molecular formula is C24H29ClN4O3. The average Bonchev–Trinajstić information content (AvgIpc) is 2.77. The van der Waals surface area contributed by atoms with Crippen molar-refractivity contribution < 1.29 is 9.72 Å². The van der Waals surface area contributed by atoms with Crippen LogP contribution in [0.5, 0.6) is 0 Å². The highest BCUT2D eigenvalue weighted by atomic mass is 35.5. The van der Waals surface area contributed by atoms with Gasteiger partial charge in [-0.1, -0.05) is 37.6 Å². The Morgan fingerprint density at radius 1 is 1.22 bits per heavy atom. The van der Waals surface area contributed by atoms with Crippen molar-refractivity contribution in [1.29, 1.82) is 0 Å². The summed E-state index contributed by atoms with van der Waals surface area (Å²) in [5.41, 5.74) is 3.16. The molecule has 2 heterocycles. The first-order valence-corrected chi connectivity index (χ1v) is 11.5. The molecule has 2 atom stereocenters. The summed E-state index contributed by atoms with van der Waals surface area (Å²) in [5.74, 6) is 0.134. The van der Waals surface area contributed by atoms with Crippen molar-refractivity contribution in [2.24, 2.45) is 11.8 Å². The second-order valence-electron chi connectivity index (χ2n) is 9.14. The Labute approximate surface area is 193 Å². The van der Waals surface area contributed by atoms with E-state index in [1.807, 2.05) is 30.3 Å². The Morgan fingerprint density at radius 2 is 1.97 bits per heavy atom. The number of fused-ring (bicyclic) bond motifs is 3. The van der Waals surface area contributed by atoms with Crippen molar-refractivity contribution in [2.45, 2.75) is 32.9 Å². The van der Waals surface area contributed by atoms with Gasteiger partial charge in [-0.2, -0.15) is 0 Å². The van der Waals surface area contributed by atoms with Crippen molar-refractivity contribution in [3.8, 4) is 0 Å². The monoisotopic (exact) mass is 456 g/mol. The SMILES string of the molecule is CC(C)CNC(=O)[C@@H]1Cc2cc([N+](=O)[O-])ccc2N2CCN(Cc3ccc(Cl)cc3)C[C@H]12. The highest BCUT2D eigenvalue weighted by Crippen LogP contribution is 2.38. The number of anilines is 1. The molecule has 2 aliphatic rings. The molecule has 2 aromatic carbocycles. The maximum Gasteiger partial charge on any atom is 0.269 e. The van der Waals surface area contributed by atoms with E-state index >= 15 is 0 Å². The minimum Gasteiger partial charge on any atom is -0.365 e. The summed E-state index contributed by atoms with van der Waals surface area (Å²) >= 11 is 6.02. The lowest BCUT2D eigenvalue weighted by Crippen LogP contribution is -2.61. The predicted octanol–water partition coefficient (Wildman–Crippen LogP) is 3.88. The van der Waals surface area contributed by atoms with Gasteiger partial charge in [0.2, 0.25) is 5.91 Å². The molecule has 0 unspecified atom stereocenters. The fraction of sp³-hybridized carbons (Fsp3) is 0.458. The highest BCUT2D eigenvalue weighted by molar-refractivity contribution is 6.30. The number of nitrogens with one attached hydrogen (secondary N) is 1. The predicted molar refractivity (Wildman–Crippen MR) is 126 cm³/mol. The van der Waals surface area contributed by atoms with Crippen LogP contribution in [0.4, 0.5) is 11.4 Å². The number of benzene rings is 2. The molecule has 2 aromatic rings. The van der Waals surface area contributed by atoms with Gasteiger partial charge in [-0.25, -0.2) is 0 Å². The highest BCUT2D eigenvalue weighted by Gasteiger charge is 2.41. The summed E-state index contributed by atoms with van der Waals surface area (Å²) in [6.07, 6.45) is 0.511. The van der Waals surface area contributed by atoms with Gasteiger partial charge in [0.1, 0.15) is 0 Å². The maximum absolute atomic E-state index is 13.2. The third-order valence-electron chi connectivity index (χ3n) is 6.33. The van der Waals surface area contributed by atoms with E-state index in [0.717, 1.165) is 42.5 Å². The van der Waals surface area contributed by atoms with Crippen LogP contribution in [0.25, 0.3) is 0 Å². The lowest BCUT2D eigenvalue weighted by Gasteiger charge is -2.49. The van der Waals surface area contributed by atoms with Crippen LogP contribution < -0.4 is 10.2 Å². The molecule has 1 N–H and O–H groups in total. The normalized spacial score (nSPS) is 20.6. The van der Waals surface area contributed by atoms with Gasteiger partial charge in [-0.15, -0.1) is 0 Å². The molecule has 0 bridgehead atoms. The summed E-state index contributed by atoms with van der Waals surface area (Å²) in [6.45, 7) is 7.96. The Balaban J connectivity index is 1.59. The second-order valence-corrected chi connectivity index (χ2v) is 9.58. The maximum atomic E-state index is 13.2. The van der Waals surface area contributed by atoms with E-state index in [2.05, 4.69) is 29.0 Å². The lowest BCUT2D eigenvalue weighted by molar-refractivity contribution is -0.384. The van der Waals surface area contributed by atoms with E-state index in [4.69, 9.17) is 11.6 Å². The first kappa shape index (κ1) is 22.6. The Bertz CT molecular complexity index is 995. The number of carbonyl (C=O) groups is 1. The van der Waals surface area contributed by atoms with Crippen molar-refractivity contribution in [3.05, 3.63) is 68.7 Å². The van der Waals surface area contributed by atoms with Gasteiger partial charge >= 0.3 is 0 Å². The number of nitrogens with zero attached hydrogens (tertiary/aromatic N) is 3. The number of halogens is 1. The summed E-state index contributed by atoms with van der Waals surface area (Å²) in [6, 6.07) is 12.9. The molecular weight excluding hydrogens is 428 g/mol. The van der Waals surface area contributed by atoms with Crippen molar-refractivity contribution in [1.82, 2.24) is 10.2 Å². The molecule has 0 aromatic heterocycles. The number of hydrogen-bond donors (Lipinski definition) is 1. The van der Waals surface area contributed by atoms with Gasteiger partial charge in [0, 0.05) is 55.6 Å². The van der Waals surface area contributed by atoms with Crippen molar-refractivity contribution in [2.75, 3.05) is 31.1 Å². The molecule has 7 nitrogen and oxygen atoms in total. The summed E-state index contributed by atoms with van der Waals surface area (Å²) < 4.78 is 0. The molecule has 2 aliphatic heterocycles. The Kier molecular flexibility index (Phi) is 6.67. The summed E-state index contributed by atoms with van der Waals surface area (Å²) in [5, 5.41) is 15.1. The summed E-state index contributed by atoms with van der Waals surface area (Å²) in [4.78, 5) is 28.8. The van der Waals surface area contributed by atoms with Crippen LogP contribution in [0.1, 0.15) is 25.0 Å². The van der Waals surface area contributed by atoms with Gasteiger partial charge < -0.3 is 10.2 Å². The molecule has 0 aliphatic carbocycles. The van der Waals surface area contributed by atoms with Gasteiger partial charge in [-0.05, 0) is 41.7 Å². The van der Waals surface area contributed by atoms with E-state index in [0.29, 0.717) is 18.9 Å². The zero-order chi connectivity index (χ0) is 22.8. The summed E-state index contributed by atoms with van der Waals surface area (Å²) in [7, 11) is 0. The Hall–Kier alpha value is -2.64. The fourth-order valence-electron chi connectivity index (χ4n) is 4.71. The molecule has 1 fully saturated rings.